The van der Waals surface area contributed by atoms with E-state index >= 15 is 0 Å². The van der Waals surface area contributed by atoms with Gasteiger partial charge in [0.25, 0.3) is 0 Å². The lowest BCUT2D eigenvalue weighted by molar-refractivity contribution is -0.132. The van der Waals surface area contributed by atoms with Crippen LogP contribution in [-0.2, 0) is 16.1 Å². The van der Waals surface area contributed by atoms with E-state index in [1.807, 2.05) is 19.1 Å². The summed E-state index contributed by atoms with van der Waals surface area (Å²) in [6.45, 7) is 2.85. The van der Waals surface area contributed by atoms with Gasteiger partial charge < -0.3 is 10.2 Å². The molecule has 1 saturated heterocycles. The van der Waals surface area contributed by atoms with Gasteiger partial charge >= 0.3 is 0 Å². The van der Waals surface area contributed by atoms with Gasteiger partial charge in [-0.3, -0.25) is 14.6 Å². The molecular weight excluding hydrogens is 326 g/mol. The smallest absolute Gasteiger partial charge is 0.239 e. The average molecular weight is 344 g/mol. The van der Waals surface area contributed by atoms with E-state index in [4.69, 9.17) is 11.6 Å². The van der Waals surface area contributed by atoms with E-state index in [1.54, 1.807) is 35.5 Å². The number of benzene rings is 1. The standard InChI is InChI=1S/C18H18ClN3O2/c1-12-5-7-20-10-13(12)11-21-17(23)16-6-8-22(18(16)24)15-4-2-3-14(19)9-15/h2-5,7,9-10,16H,6,8,11H2,1H3,(H,21,23). The second-order valence-corrected chi connectivity index (χ2v) is 6.27. The lowest BCUT2D eigenvalue weighted by Gasteiger charge is -2.17. The van der Waals surface area contributed by atoms with Crippen LogP contribution in [0.4, 0.5) is 5.69 Å². The van der Waals surface area contributed by atoms with E-state index in [1.165, 1.54) is 0 Å². The fourth-order valence-corrected chi connectivity index (χ4v) is 3.00. The van der Waals surface area contributed by atoms with Crippen molar-refractivity contribution in [1.29, 1.82) is 0 Å². The molecule has 0 spiro atoms. The maximum Gasteiger partial charge on any atom is 0.239 e. The zero-order chi connectivity index (χ0) is 17.1. The number of halogens is 1. The van der Waals surface area contributed by atoms with Crippen LogP contribution in [0, 0.1) is 12.8 Å². The summed E-state index contributed by atoms with van der Waals surface area (Å²) >= 11 is 5.98. The number of pyridine rings is 1. The molecule has 1 fully saturated rings. The van der Waals surface area contributed by atoms with Crippen molar-refractivity contribution in [3.05, 3.63) is 58.9 Å². The molecular formula is C18H18ClN3O2. The molecule has 1 aliphatic rings. The monoisotopic (exact) mass is 343 g/mol. The zero-order valence-corrected chi connectivity index (χ0v) is 14.1. The maximum absolute atomic E-state index is 12.5. The summed E-state index contributed by atoms with van der Waals surface area (Å²) in [5.41, 5.74) is 2.73. The van der Waals surface area contributed by atoms with Gasteiger partial charge in [-0.1, -0.05) is 17.7 Å². The normalized spacial score (nSPS) is 17.2. The summed E-state index contributed by atoms with van der Waals surface area (Å²) in [4.78, 5) is 30.6. The number of hydrogen-bond acceptors (Lipinski definition) is 3. The van der Waals surface area contributed by atoms with Gasteiger partial charge in [-0.25, -0.2) is 0 Å². The van der Waals surface area contributed by atoms with Crippen molar-refractivity contribution in [1.82, 2.24) is 10.3 Å². The van der Waals surface area contributed by atoms with Gasteiger partial charge in [0, 0.05) is 36.2 Å². The van der Waals surface area contributed by atoms with Crippen LogP contribution in [0.5, 0.6) is 0 Å². The highest BCUT2D eigenvalue weighted by Crippen LogP contribution is 2.27. The lowest BCUT2D eigenvalue weighted by atomic mass is 10.1. The van der Waals surface area contributed by atoms with E-state index < -0.39 is 5.92 Å². The van der Waals surface area contributed by atoms with E-state index in [0.29, 0.717) is 24.5 Å². The van der Waals surface area contributed by atoms with Crippen molar-refractivity contribution in [3.63, 3.8) is 0 Å². The number of hydrogen-bond donors (Lipinski definition) is 1. The molecule has 5 nitrogen and oxygen atoms in total. The van der Waals surface area contributed by atoms with Gasteiger partial charge in [0.1, 0.15) is 5.92 Å². The van der Waals surface area contributed by atoms with Gasteiger partial charge in [-0.15, -0.1) is 0 Å². The summed E-state index contributed by atoms with van der Waals surface area (Å²) < 4.78 is 0. The number of rotatable bonds is 4. The molecule has 0 aliphatic carbocycles. The van der Waals surface area contributed by atoms with Crippen LogP contribution in [0.1, 0.15) is 17.5 Å². The fourth-order valence-electron chi connectivity index (χ4n) is 2.81. The summed E-state index contributed by atoms with van der Waals surface area (Å²) in [6.07, 6.45) is 3.94. The van der Waals surface area contributed by atoms with E-state index in [2.05, 4.69) is 10.3 Å². The first-order valence-corrected chi connectivity index (χ1v) is 8.18. The van der Waals surface area contributed by atoms with Gasteiger partial charge in [-0.2, -0.15) is 0 Å². The highest BCUT2D eigenvalue weighted by Gasteiger charge is 2.37. The predicted molar refractivity (Wildman–Crippen MR) is 92.7 cm³/mol. The molecule has 1 atom stereocenters. The van der Waals surface area contributed by atoms with Crippen molar-refractivity contribution in [2.24, 2.45) is 5.92 Å². The third-order valence-corrected chi connectivity index (χ3v) is 4.48. The summed E-state index contributed by atoms with van der Waals surface area (Å²) in [5, 5.41) is 3.41. The number of aryl methyl sites for hydroxylation is 1. The molecule has 1 unspecified atom stereocenters. The largest absolute Gasteiger partial charge is 0.351 e. The molecule has 1 N–H and O–H groups in total. The minimum absolute atomic E-state index is 0.183. The molecule has 1 aromatic heterocycles. The molecule has 124 valence electrons. The first kappa shape index (κ1) is 16.5. The average Bonchev–Trinajstić information content (AvgIpc) is 2.95. The number of nitrogens with one attached hydrogen (secondary N) is 1. The summed E-state index contributed by atoms with van der Waals surface area (Å²) in [6, 6.07) is 9.00. The molecule has 2 heterocycles. The SMILES string of the molecule is Cc1ccncc1CNC(=O)C1CCN(c2cccc(Cl)c2)C1=O. The zero-order valence-electron chi connectivity index (χ0n) is 13.3. The molecule has 6 heteroatoms. The topological polar surface area (TPSA) is 62.3 Å². The summed E-state index contributed by atoms with van der Waals surface area (Å²) in [7, 11) is 0. The Morgan fingerprint density at radius 2 is 2.25 bits per heavy atom. The predicted octanol–water partition coefficient (Wildman–Crippen LogP) is 2.71. The molecule has 2 aromatic rings. The third kappa shape index (κ3) is 3.41. The van der Waals surface area contributed by atoms with Crippen molar-refractivity contribution in [3.8, 4) is 0 Å². The Hall–Kier alpha value is -2.40. The van der Waals surface area contributed by atoms with Crippen LogP contribution in [0.2, 0.25) is 5.02 Å². The molecule has 3 rings (SSSR count). The Kier molecular flexibility index (Phi) is 4.81. The number of carbonyl (C=O) groups is 2. The van der Waals surface area contributed by atoms with Gasteiger partial charge in [0.2, 0.25) is 11.8 Å². The van der Waals surface area contributed by atoms with Crippen molar-refractivity contribution in [2.75, 3.05) is 11.4 Å². The van der Waals surface area contributed by atoms with E-state index in [9.17, 15) is 9.59 Å². The van der Waals surface area contributed by atoms with Gasteiger partial charge in [-0.05, 0) is 48.7 Å². The second-order valence-electron chi connectivity index (χ2n) is 5.83. The van der Waals surface area contributed by atoms with Crippen LogP contribution in [-0.4, -0.2) is 23.3 Å². The van der Waals surface area contributed by atoms with E-state index in [0.717, 1.165) is 16.8 Å². The van der Waals surface area contributed by atoms with Crippen molar-refractivity contribution < 1.29 is 9.59 Å². The minimum atomic E-state index is -0.652. The number of aromatic nitrogens is 1. The van der Waals surface area contributed by atoms with Crippen LogP contribution in [0.15, 0.2) is 42.7 Å². The Morgan fingerprint density at radius 3 is 3.00 bits per heavy atom. The molecule has 24 heavy (non-hydrogen) atoms. The molecule has 1 aliphatic heterocycles. The quantitative estimate of drug-likeness (QED) is 0.868. The van der Waals surface area contributed by atoms with Crippen LogP contribution in [0.25, 0.3) is 0 Å². The van der Waals surface area contributed by atoms with Crippen molar-refractivity contribution >= 4 is 29.1 Å². The van der Waals surface area contributed by atoms with Crippen LogP contribution in [0.3, 0.4) is 0 Å². The first-order valence-electron chi connectivity index (χ1n) is 7.80. The molecule has 2 amide bonds. The Morgan fingerprint density at radius 1 is 1.42 bits per heavy atom. The van der Waals surface area contributed by atoms with Crippen molar-refractivity contribution in [2.45, 2.75) is 19.9 Å². The first-order chi connectivity index (χ1) is 11.6. The lowest BCUT2D eigenvalue weighted by Crippen LogP contribution is -2.36. The highest BCUT2D eigenvalue weighted by molar-refractivity contribution is 6.31. The molecule has 0 radical (unpaired) electrons. The van der Waals surface area contributed by atoms with Gasteiger partial charge in [0.05, 0.1) is 0 Å². The molecule has 0 bridgehead atoms. The van der Waals surface area contributed by atoms with E-state index in [-0.39, 0.29) is 11.8 Å². The third-order valence-electron chi connectivity index (χ3n) is 4.24. The Balaban J connectivity index is 1.64. The number of anilines is 1. The molecule has 1 aromatic carbocycles. The molecule has 0 saturated carbocycles. The van der Waals surface area contributed by atoms with Gasteiger partial charge in [0.15, 0.2) is 0 Å². The second kappa shape index (κ2) is 7.01. The van der Waals surface area contributed by atoms with Crippen LogP contribution >= 0.6 is 11.6 Å². The van der Waals surface area contributed by atoms with Crippen LogP contribution < -0.4 is 10.2 Å². The number of carbonyl (C=O) groups excluding carboxylic acids is 2. The fraction of sp³-hybridized carbons (Fsp3) is 0.278. The minimum Gasteiger partial charge on any atom is -0.351 e. The highest BCUT2D eigenvalue weighted by atomic mass is 35.5. The maximum atomic E-state index is 12.5. The number of nitrogens with zero attached hydrogens (tertiary/aromatic N) is 2. The summed E-state index contributed by atoms with van der Waals surface area (Å²) in [5.74, 6) is -1.08. The number of amides is 2. The Labute approximate surface area is 145 Å². The Bertz CT molecular complexity index is 778.